The van der Waals surface area contributed by atoms with Gasteiger partial charge in [0.2, 0.25) is 11.3 Å². The van der Waals surface area contributed by atoms with Gasteiger partial charge >= 0.3 is 18.1 Å². The van der Waals surface area contributed by atoms with Gasteiger partial charge in [-0.1, -0.05) is 31.2 Å². The van der Waals surface area contributed by atoms with Crippen molar-refractivity contribution in [3.8, 4) is 0 Å². The third-order valence-electron chi connectivity index (χ3n) is 9.39. The average Bonchev–Trinajstić information content (AvgIpc) is 3.64. The summed E-state index contributed by atoms with van der Waals surface area (Å²) in [6.45, 7) is 7.67. The Kier molecular flexibility index (Phi) is 13.0. The molecule has 2 aromatic heterocycles. The van der Waals surface area contributed by atoms with Gasteiger partial charge in [0.1, 0.15) is 24.0 Å². The Bertz CT molecular complexity index is 2080. The highest BCUT2D eigenvalue weighted by Gasteiger charge is 2.27. The highest BCUT2D eigenvalue weighted by molar-refractivity contribution is 5.94. The van der Waals surface area contributed by atoms with Gasteiger partial charge < -0.3 is 46.3 Å². The van der Waals surface area contributed by atoms with Crippen molar-refractivity contribution in [3.05, 3.63) is 81.7 Å². The summed E-state index contributed by atoms with van der Waals surface area (Å²) in [5.41, 5.74) is 12.7. The molecule has 5 rings (SSSR count). The molecule has 0 aliphatic carbocycles. The molecule has 1 aliphatic heterocycles. The number of aromatic nitrogens is 4. The minimum atomic E-state index is -1.38. The summed E-state index contributed by atoms with van der Waals surface area (Å²) in [5, 5.41) is 23.2. The molecular formula is C37H47FN10O7. The van der Waals surface area contributed by atoms with Gasteiger partial charge in [0.05, 0.1) is 29.1 Å². The van der Waals surface area contributed by atoms with E-state index in [9.17, 15) is 29.1 Å². The summed E-state index contributed by atoms with van der Waals surface area (Å²) >= 11 is 0. The van der Waals surface area contributed by atoms with E-state index in [0.717, 1.165) is 6.07 Å². The van der Waals surface area contributed by atoms with Crippen LogP contribution >= 0.6 is 0 Å². The first kappa shape index (κ1) is 40.2. The van der Waals surface area contributed by atoms with Gasteiger partial charge in [0, 0.05) is 56.5 Å². The maximum Gasteiger partial charge on any atom is 0.410 e. The quantitative estimate of drug-likeness (QED) is 0.110. The molecule has 7 N–H and O–H groups in total. The number of carboxylic acid groups (broad SMARTS) is 1. The Morgan fingerprint density at radius 2 is 1.76 bits per heavy atom. The van der Waals surface area contributed by atoms with Crippen molar-refractivity contribution in [1.82, 2.24) is 29.8 Å². The van der Waals surface area contributed by atoms with Crippen LogP contribution in [0.25, 0.3) is 10.9 Å². The number of nitrogens with one attached hydrogen (secondary N) is 2. The number of hydrogen-bond donors (Lipinski definition) is 5. The fraction of sp³-hybridized carbons (Fsp3) is 0.432. The number of benzene rings is 2. The molecule has 17 nitrogen and oxygen atoms in total. The molecule has 0 bridgehead atoms. The van der Waals surface area contributed by atoms with Crippen LogP contribution in [0.1, 0.15) is 73.7 Å². The van der Waals surface area contributed by atoms with Gasteiger partial charge in [-0.3, -0.25) is 9.59 Å². The number of pyridine rings is 1. The van der Waals surface area contributed by atoms with E-state index in [1.807, 2.05) is 0 Å². The minimum Gasteiger partial charge on any atom is -0.477 e. The van der Waals surface area contributed by atoms with Gasteiger partial charge in [-0.2, -0.15) is 0 Å². The van der Waals surface area contributed by atoms with Crippen molar-refractivity contribution >= 4 is 46.3 Å². The first-order chi connectivity index (χ1) is 26.2. The van der Waals surface area contributed by atoms with E-state index in [1.165, 1.54) is 15.8 Å². The summed E-state index contributed by atoms with van der Waals surface area (Å²) in [6, 6.07) is 7.72. The highest BCUT2D eigenvalue weighted by atomic mass is 19.1. The number of piperazine rings is 1. The molecule has 1 unspecified atom stereocenters. The largest absolute Gasteiger partial charge is 0.477 e. The molecule has 0 saturated carbocycles. The van der Waals surface area contributed by atoms with Crippen LogP contribution in [0.5, 0.6) is 0 Å². The second-order valence-electron chi connectivity index (χ2n) is 13.8. The second-order valence-corrected chi connectivity index (χ2v) is 13.8. The fourth-order valence-corrected chi connectivity index (χ4v) is 6.46. The van der Waals surface area contributed by atoms with Crippen LogP contribution < -0.4 is 32.4 Å². The molecular weight excluding hydrogens is 715 g/mol. The SMILES string of the molecule is CCn1cc(C(=O)O)c(=O)c2cc(F)c(N3CCN(C(=O)OCc4ccc(NC(=O)C(CCCNC(N)=O)n5cc([C@@H](N)CC(C)C)nn5)cc4)CC3)cc21. The molecule has 1 saturated heterocycles. The predicted molar refractivity (Wildman–Crippen MR) is 202 cm³/mol. The third-order valence-corrected chi connectivity index (χ3v) is 9.39. The number of carbonyl (C=O) groups excluding carboxylic acids is 3. The van der Waals surface area contributed by atoms with Gasteiger partial charge in [-0.05, 0) is 61.9 Å². The number of aromatic carboxylic acids is 1. The number of carboxylic acids is 1. The Balaban J connectivity index is 1.16. The number of primary amides is 1. The highest BCUT2D eigenvalue weighted by Crippen LogP contribution is 2.27. The van der Waals surface area contributed by atoms with E-state index in [4.69, 9.17) is 16.2 Å². The molecule has 3 heterocycles. The van der Waals surface area contributed by atoms with Crippen LogP contribution in [0.3, 0.4) is 0 Å². The smallest absolute Gasteiger partial charge is 0.410 e. The molecule has 4 amide bonds. The lowest BCUT2D eigenvalue weighted by atomic mass is 10.0. The predicted octanol–water partition coefficient (Wildman–Crippen LogP) is 3.58. The fourth-order valence-electron chi connectivity index (χ4n) is 6.46. The summed E-state index contributed by atoms with van der Waals surface area (Å²) in [6.07, 6.45) is 3.89. The Hall–Kier alpha value is -6.04. The standard InChI is InChI=1S/C37H47FN10O7/c1-4-45-19-26(35(51)52)33(49)25-17-27(38)32(18-31(25)45)46-12-14-47(15-13-46)37(54)55-21-23-7-9-24(10-8-23)42-34(50)30(6-5-11-41-36(40)53)48-20-29(43-44-48)28(39)16-22(2)3/h7-10,17-20,22,28,30H,4-6,11-16,21,39H2,1-3H3,(H,42,50)(H,51,52)(H3,40,41,53)/t28-,30?/m0/s1. The number of carbonyl (C=O) groups is 4. The zero-order chi connectivity index (χ0) is 39.8. The first-order valence-electron chi connectivity index (χ1n) is 18.1. The lowest BCUT2D eigenvalue weighted by Gasteiger charge is -2.35. The number of aryl methyl sites for hydroxylation is 1. The lowest BCUT2D eigenvalue weighted by molar-refractivity contribution is -0.119. The Labute approximate surface area is 316 Å². The third kappa shape index (κ3) is 9.94. The summed E-state index contributed by atoms with van der Waals surface area (Å²) < 4.78 is 23.9. The lowest BCUT2D eigenvalue weighted by Crippen LogP contribution is -2.49. The van der Waals surface area contributed by atoms with Gasteiger partial charge in [-0.15, -0.1) is 5.10 Å². The number of nitrogens with two attached hydrogens (primary N) is 2. The number of rotatable bonds is 15. The molecule has 55 heavy (non-hydrogen) atoms. The van der Waals surface area contributed by atoms with Crippen LogP contribution in [0, 0.1) is 11.7 Å². The van der Waals surface area contributed by atoms with Crippen molar-refractivity contribution < 1.29 is 33.4 Å². The number of halogens is 1. The molecule has 0 radical (unpaired) electrons. The maximum atomic E-state index is 15.3. The monoisotopic (exact) mass is 762 g/mol. The van der Waals surface area contributed by atoms with Crippen molar-refractivity contribution in [1.29, 1.82) is 0 Å². The number of amides is 4. The minimum absolute atomic E-state index is 0.0142. The van der Waals surface area contributed by atoms with E-state index < -0.39 is 40.9 Å². The zero-order valence-electron chi connectivity index (χ0n) is 31.0. The zero-order valence-corrected chi connectivity index (χ0v) is 31.0. The summed E-state index contributed by atoms with van der Waals surface area (Å²) in [5.74, 6) is -2.03. The molecule has 294 valence electrons. The number of ether oxygens (including phenoxy) is 1. The Morgan fingerprint density at radius 1 is 1.05 bits per heavy atom. The van der Waals surface area contributed by atoms with E-state index >= 15 is 4.39 Å². The van der Waals surface area contributed by atoms with Gasteiger partial charge in [0.25, 0.3) is 0 Å². The van der Waals surface area contributed by atoms with Crippen molar-refractivity contribution in [2.24, 2.45) is 17.4 Å². The maximum absolute atomic E-state index is 15.3. The van der Waals surface area contributed by atoms with Crippen molar-refractivity contribution in [3.63, 3.8) is 0 Å². The van der Waals surface area contributed by atoms with Crippen LogP contribution in [0.15, 0.2) is 53.6 Å². The van der Waals surface area contributed by atoms with E-state index in [1.54, 1.807) is 52.9 Å². The molecule has 4 aromatic rings. The Morgan fingerprint density at radius 3 is 2.40 bits per heavy atom. The van der Waals surface area contributed by atoms with Crippen LogP contribution in [-0.2, 0) is 22.7 Å². The van der Waals surface area contributed by atoms with E-state index in [-0.39, 0.29) is 49.3 Å². The van der Waals surface area contributed by atoms with Crippen LogP contribution in [0.2, 0.25) is 0 Å². The number of nitrogens with zero attached hydrogens (tertiary/aromatic N) is 6. The molecule has 2 atom stereocenters. The van der Waals surface area contributed by atoms with Crippen LogP contribution in [-0.4, -0.2) is 86.3 Å². The number of hydrogen-bond acceptors (Lipinski definition) is 10. The number of urea groups is 1. The molecule has 0 spiro atoms. The topological polar surface area (TPSA) is 233 Å². The van der Waals surface area contributed by atoms with E-state index in [0.29, 0.717) is 67.3 Å². The molecule has 2 aromatic carbocycles. The van der Waals surface area contributed by atoms with Gasteiger partial charge in [0.15, 0.2) is 0 Å². The normalized spacial score (nSPS) is 14.1. The summed E-state index contributed by atoms with van der Waals surface area (Å²) in [7, 11) is 0. The van der Waals surface area contributed by atoms with Gasteiger partial charge in [-0.25, -0.2) is 23.5 Å². The van der Waals surface area contributed by atoms with Crippen molar-refractivity contribution in [2.75, 3.05) is 42.9 Å². The molecule has 18 heteroatoms. The summed E-state index contributed by atoms with van der Waals surface area (Å²) in [4.78, 5) is 65.1. The molecule has 1 fully saturated rings. The second kappa shape index (κ2) is 17.9. The van der Waals surface area contributed by atoms with Crippen LogP contribution in [0.4, 0.5) is 25.4 Å². The molecule has 1 aliphatic rings. The average molecular weight is 763 g/mol. The number of anilines is 2. The number of fused-ring (bicyclic) bond motifs is 1. The van der Waals surface area contributed by atoms with Crippen molar-refractivity contribution in [2.45, 2.75) is 65.3 Å². The van der Waals surface area contributed by atoms with E-state index in [2.05, 4.69) is 34.8 Å². The first-order valence-corrected chi connectivity index (χ1v) is 18.1.